The molecule has 2 heteroatoms. The van der Waals surface area contributed by atoms with Gasteiger partial charge in [-0.3, -0.25) is 0 Å². The Kier molecular flexibility index (Phi) is 5.68. The summed E-state index contributed by atoms with van der Waals surface area (Å²) >= 11 is 0. The van der Waals surface area contributed by atoms with Gasteiger partial charge in [-0.05, 0) is 104 Å². The number of para-hydroxylation sites is 4. The molecule has 0 saturated heterocycles. The Bertz CT molecular complexity index is 2950. The van der Waals surface area contributed by atoms with E-state index in [1.54, 1.807) is 0 Å². The van der Waals surface area contributed by atoms with Crippen molar-refractivity contribution in [3.63, 3.8) is 0 Å². The molecule has 0 bridgehead atoms. The minimum atomic E-state index is -0.138. The molecule has 10 aromatic rings. The Hall–Kier alpha value is -6.38. The molecule has 8 aromatic carbocycles. The minimum absolute atomic E-state index is 0.138. The zero-order chi connectivity index (χ0) is 36.1. The monoisotopic (exact) mass is 690 g/mol. The van der Waals surface area contributed by atoms with Crippen LogP contribution >= 0.6 is 0 Å². The predicted octanol–water partition coefficient (Wildman–Crippen LogP) is 13.6. The van der Waals surface area contributed by atoms with Gasteiger partial charge < -0.3 is 9.13 Å². The minimum Gasteiger partial charge on any atom is -0.309 e. The maximum Gasteiger partial charge on any atom is 0.0541 e. The number of fused-ring (bicyclic) bond motifs is 15. The van der Waals surface area contributed by atoms with E-state index in [4.69, 9.17) is 0 Å². The largest absolute Gasteiger partial charge is 0.309 e. The summed E-state index contributed by atoms with van der Waals surface area (Å²) in [5.41, 5.74) is 18.2. The first-order chi connectivity index (χ1) is 26.3. The van der Waals surface area contributed by atoms with Crippen LogP contribution < -0.4 is 0 Å². The second-order valence-corrected chi connectivity index (χ2v) is 16.5. The highest BCUT2D eigenvalue weighted by atomic mass is 15.0. The summed E-state index contributed by atoms with van der Waals surface area (Å²) in [6.45, 7) is 9.62. The van der Waals surface area contributed by atoms with E-state index in [1.165, 1.54) is 110 Å². The second-order valence-electron chi connectivity index (χ2n) is 16.5. The van der Waals surface area contributed by atoms with E-state index < -0.39 is 0 Å². The Morgan fingerprint density at radius 1 is 0.315 bits per heavy atom. The number of rotatable bonds is 2. The first-order valence-electron chi connectivity index (χ1n) is 19.2. The molecule has 12 rings (SSSR count). The van der Waals surface area contributed by atoms with Crippen molar-refractivity contribution < 1.29 is 0 Å². The molecule has 0 amide bonds. The number of aromatic nitrogens is 2. The maximum atomic E-state index is 2.46. The van der Waals surface area contributed by atoms with Crippen LogP contribution in [0.1, 0.15) is 49.9 Å². The smallest absolute Gasteiger partial charge is 0.0541 e. The van der Waals surface area contributed by atoms with Crippen molar-refractivity contribution in [1.82, 2.24) is 9.13 Å². The lowest BCUT2D eigenvalue weighted by atomic mass is 9.80. The summed E-state index contributed by atoms with van der Waals surface area (Å²) in [5, 5.41) is 7.86. The third-order valence-electron chi connectivity index (χ3n) is 13.1. The molecule has 0 unspecified atom stereocenters. The van der Waals surface area contributed by atoms with E-state index in [9.17, 15) is 0 Å². The van der Waals surface area contributed by atoms with E-state index in [0.29, 0.717) is 0 Å². The van der Waals surface area contributed by atoms with Gasteiger partial charge in [-0.15, -0.1) is 0 Å². The van der Waals surface area contributed by atoms with Gasteiger partial charge in [0, 0.05) is 43.7 Å². The summed E-state index contributed by atoms with van der Waals surface area (Å²) in [6, 6.07) is 59.3. The fourth-order valence-corrected chi connectivity index (χ4v) is 10.5. The lowest BCUT2D eigenvalue weighted by molar-refractivity contribution is 0.659. The Morgan fingerprint density at radius 3 is 1.00 bits per heavy atom. The Balaban J connectivity index is 1.05. The van der Waals surface area contributed by atoms with Gasteiger partial charge in [0.2, 0.25) is 0 Å². The number of hydrogen-bond acceptors (Lipinski definition) is 0. The van der Waals surface area contributed by atoms with E-state index in [2.05, 4.69) is 195 Å². The van der Waals surface area contributed by atoms with Gasteiger partial charge >= 0.3 is 0 Å². The summed E-state index contributed by atoms with van der Waals surface area (Å²) in [5.74, 6) is 0. The van der Waals surface area contributed by atoms with Crippen molar-refractivity contribution in [1.29, 1.82) is 0 Å². The SMILES string of the molecule is CC1(C)c2cc(-n3c4ccccc4c4ccccc43)ccc2-c2c1ccc1c3c(ccc21)C(C)(C)c1cc(-n2c4ccccc4c4ccccc42)ccc1-3. The molecule has 0 radical (unpaired) electrons. The van der Waals surface area contributed by atoms with Crippen LogP contribution in [-0.2, 0) is 10.8 Å². The average Bonchev–Trinajstić information content (AvgIpc) is 3.86. The van der Waals surface area contributed by atoms with Gasteiger partial charge in [-0.2, -0.15) is 0 Å². The van der Waals surface area contributed by atoms with E-state index in [1.807, 2.05) is 0 Å². The number of benzene rings is 8. The van der Waals surface area contributed by atoms with Gasteiger partial charge in [-0.25, -0.2) is 0 Å². The first kappa shape index (κ1) is 30.1. The van der Waals surface area contributed by atoms with Crippen molar-refractivity contribution in [3.05, 3.63) is 180 Å². The fourth-order valence-electron chi connectivity index (χ4n) is 10.5. The molecule has 0 spiro atoms. The summed E-state index contributed by atoms with van der Waals surface area (Å²) in [6.07, 6.45) is 0. The molecule has 0 aliphatic heterocycles. The zero-order valence-electron chi connectivity index (χ0n) is 30.9. The van der Waals surface area contributed by atoms with Gasteiger partial charge in [0.1, 0.15) is 0 Å². The fraction of sp³-hybridized carbons (Fsp3) is 0.115. The molecule has 256 valence electrons. The van der Waals surface area contributed by atoms with Crippen LogP contribution in [0.25, 0.3) is 88.0 Å². The normalized spacial score (nSPS) is 15.0. The van der Waals surface area contributed by atoms with Gasteiger partial charge in [0.15, 0.2) is 0 Å². The second kappa shape index (κ2) is 10.2. The number of hydrogen-bond donors (Lipinski definition) is 0. The van der Waals surface area contributed by atoms with E-state index in [0.717, 1.165) is 0 Å². The maximum absolute atomic E-state index is 2.46. The van der Waals surface area contributed by atoms with Crippen LogP contribution in [0, 0.1) is 0 Å². The molecule has 2 aliphatic carbocycles. The van der Waals surface area contributed by atoms with E-state index in [-0.39, 0.29) is 10.8 Å². The van der Waals surface area contributed by atoms with Crippen LogP contribution in [0.2, 0.25) is 0 Å². The lowest BCUT2D eigenvalue weighted by Gasteiger charge is -2.23. The van der Waals surface area contributed by atoms with Crippen LogP contribution in [0.3, 0.4) is 0 Å². The van der Waals surface area contributed by atoms with Crippen LogP contribution in [-0.4, -0.2) is 9.13 Å². The number of nitrogens with zero attached hydrogens (tertiary/aromatic N) is 2. The summed E-state index contributed by atoms with van der Waals surface area (Å²) in [7, 11) is 0. The molecule has 2 nitrogen and oxygen atoms in total. The molecule has 2 aromatic heterocycles. The summed E-state index contributed by atoms with van der Waals surface area (Å²) < 4.78 is 4.89. The highest BCUT2D eigenvalue weighted by Gasteiger charge is 2.40. The van der Waals surface area contributed by atoms with Gasteiger partial charge in [0.05, 0.1) is 22.1 Å². The van der Waals surface area contributed by atoms with E-state index >= 15 is 0 Å². The van der Waals surface area contributed by atoms with Crippen molar-refractivity contribution >= 4 is 54.4 Å². The zero-order valence-corrected chi connectivity index (χ0v) is 30.9. The standard InChI is InChI=1S/C52H38N2/c1-51(2)41-27-25-38-37(49(41)39-23-21-31(29-43(39)51)53-45-17-9-5-13-33(45)34-14-6-10-18-46(34)53)26-28-42-50(38)40-24-22-32(30-44(40)52(42,3)4)54-47-19-11-7-15-35(47)36-16-8-12-20-48(36)54/h5-30H,1-4H3. The van der Waals surface area contributed by atoms with Crippen molar-refractivity contribution in [2.45, 2.75) is 38.5 Å². The molecular formula is C52H38N2. The average molecular weight is 691 g/mol. The molecule has 2 aliphatic rings. The van der Waals surface area contributed by atoms with Crippen molar-refractivity contribution in [2.24, 2.45) is 0 Å². The molecule has 0 fully saturated rings. The highest BCUT2D eigenvalue weighted by molar-refractivity contribution is 6.13. The summed E-state index contributed by atoms with van der Waals surface area (Å²) in [4.78, 5) is 0. The van der Waals surface area contributed by atoms with Crippen LogP contribution in [0.4, 0.5) is 0 Å². The molecule has 54 heavy (non-hydrogen) atoms. The predicted molar refractivity (Wildman–Crippen MR) is 228 cm³/mol. The highest BCUT2D eigenvalue weighted by Crippen LogP contribution is 2.57. The molecule has 2 heterocycles. The van der Waals surface area contributed by atoms with Crippen molar-refractivity contribution in [3.8, 4) is 33.6 Å². The molecule has 0 N–H and O–H groups in total. The van der Waals surface area contributed by atoms with Gasteiger partial charge in [0.25, 0.3) is 0 Å². The Labute approximate surface area is 314 Å². The topological polar surface area (TPSA) is 9.86 Å². The molecular weight excluding hydrogens is 653 g/mol. The van der Waals surface area contributed by atoms with Crippen LogP contribution in [0.15, 0.2) is 158 Å². The van der Waals surface area contributed by atoms with Crippen LogP contribution in [0.5, 0.6) is 0 Å². The third-order valence-corrected chi connectivity index (χ3v) is 13.1. The molecule has 0 atom stereocenters. The van der Waals surface area contributed by atoms with Crippen molar-refractivity contribution in [2.75, 3.05) is 0 Å². The third kappa shape index (κ3) is 3.66. The Morgan fingerprint density at radius 2 is 0.648 bits per heavy atom. The van der Waals surface area contributed by atoms with Gasteiger partial charge in [-0.1, -0.05) is 137 Å². The quantitative estimate of drug-likeness (QED) is 0.171. The first-order valence-corrected chi connectivity index (χ1v) is 19.2. The molecule has 0 saturated carbocycles. The lowest BCUT2D eigenvalue weighted by Crippen LogP contribution is -2.16.